The van der Waals surface area contributed by atoms with Crippen molar-refractivity contribution >= 4 is 11.6 Å². The van der Waals surface area contributed by atoms with Gasteiger partial charge in [0.2, 0.25) is 0 Å². The Kier molecular flexibility index (Phi) is 7.84. The van der Waals surface area contributed by atoms with E-state index in [1.165, 1.54) is 6.07 Å². The molecule has 1 heterocycles. The third kappa shape index (κ3) is 6.06. The summed E-state index contributed by atoms with van der Waals surface area (Å²) in [4.78, 5) is 8.56. The van der Waals surface area contributed by atoms with Gasteiger partial charge in [0.05, 0.1) is 12.7 Å². The predicted octanol–water partition coefficient (Wildman–Crippen LogP) is 3.33. The van der Waals surface area contributed by atoms with Crippen molar-refractivity contribution in [1.82, 2.24) is 15.5 Å². The number of guanidine groups is 1. The van der Waals surface area contributed by atoms with Crippen molar-refractivity contribution in [3.8, 4) is 5.75 Å². The van der Waals surface area contributed by atoms with E-state index in [2.05, 4.69) is 25.4 Å². The number of aliphatic imine (C=N–C) groups is 1. The molecular weight excluding hydrogens is 419 g/mol. The number of piperazine rings is 1. The first-order valence-electron chi connectivity index (χ1n) is 10.5. The minimum Gasteiger partial charge on any atom is -0.496 e. The minimum absolute atomic E-state index is 0.219. The lowest BCUT2D eigenvalue weighted by Crippen LogP contribution is -2.45. The van der Waals surface area contributed by atoms with Gasteiger partial charge in [0, 0.05) is 57.6 Å². The summed E-state index contributed by atoms with van der Waals surface area (Å²) in [7, 11) is 5.29. The highest BCUT2D eigenvalue weighted by molar-refractivity contribution is 5.80. The average molecular weight is 450 g/mol. The van der Waals surface area contributed by atoms with Crippen LogP contribution in [0.2, 0.25) is 0 Å². The van der Waals surface area contributed by atoms with Crippen molar-refractivity contribution in [2.45, 2.75) is 19.3 Å². The maximum absolute atomic E-state index is 13.3. The number of anilines is 1. The predicted molar refractivity (Wildman–Crippen MR) is 121 cm³/mol. The molecule has 3 rings (SSSR count). The lowest BCUT2D eigenvalue weighted by Gasteiger charge is -2.35. The van der Waals surface area contributed by atoms with Gasteiger partial charge in [0.1, 0.15) is 5.75 Å². The van der Waals surface area contributed by atoms with Crippen LogP contribution in [-0.2, 0) is 19.3 Å². The molecule has 2 aromatic rings. The van der Waals surface area contributed by atoms with E-state index in [-0.39, 0.29) is 6.54 Å². The van der Waals surface area contributed by atoms with Crippen molar-refractivity contribution in [3.05, 3.63) is 59.2 Å². The van der Waals surface area contributed by atoms with Gasteiger partial charge in [-0.15, -0.1) is 0 Å². The van der Waals surface area contributed by atoms with E-state index in [1.807, 2.05) is 31.3 Å². The third-order valence-corrected chi connectivity index (χ3v) is 5.56. The fraction of sp³-hybridized carbons (Fsp3) is 0.435. The standard InChI is InChI=1S/C23H30F3N5O/c1-27-22(28-15-17-6-4-5-7-21(17)32-3)29-16-18-14-19(23(24,25)26)8-9-20(18)31-12-10-30(2)11-13-31/h4-9,14H,10-13,15-16H2,1-3H3,(H2,27,28,29). The fourth-order valence-electron chi connectivity index (χ4n) is 3.69. The van der Waals surface area contributed by atoms with E-state index in [4.69, 9.17) is 4.74 Å². The van der Waals surface area contributed by atoms with Crippen molar-refractivity contribution in [3.63, 3.8) is 0 Å². The van der Waals surface area contributed by atoms with E-state index < -0.39 is 11.7 Å². The Morgan fingerprint density at radius 3 is 2.28 bits per heavy atom. The number of halogens is 3. The molecule has 0 unspecified atom stereocenters. The first kappa shape index (κ1) is 23.7. The molecule has 0 aliphatic carbocycles. The Morgan fingerprint density at radius 2 is 1.66 bits per heavy atom. The Hall–Kier alpha value is -2.94. The zero-order valence-corrected chi connectivity index (χ0v) is 18.7. The Bertz CT molecular complexity index is 924. The van der Waals surface area contributed by atoms with Crippen molar-refractivity contribution in [1.29, 1.82) is 0 Å². The largest absolute Gasteiger partial charge is 0.496 e. The molecule has 1 aliphatic heterocycles. The summed E-state index contributed by atoms with van der Waals surface area (Å²) in [5.74, 6) is 1.25. The van der Waals surface area contributed by atoms with Crippen LogP contribution in [0, 0.1) is 0 Å². The summed E-state index contributed by atoms with van der Waals surface area (Å²) >= 11 is 0. The maximum Gasteiger partial charge on any atom is 0.416 e. The van der Waals surface area contributed by atoms with Crippen LogP contribution in [0.15, 0.2) is 47.5 Å². The molecule has 2 N–H and O–H groups in total. The number of methoxy groups -OCH3 is 1. The number of nitrogens with one attached hydrogen (secondary N) is 2. The normalized spacial score (nSPS) is 15.6. The van der Waals surface area contributed by atoms with Crippen LogP contribution in [0.4, 0.5) is 18.9 Å². The second-order valence-electron chi connectivity index (χ2n) is 7.72. The first-order chi connectivity index (χ1) is 15.3. The molecule has 2 aromatic carbocycles. The summed E-state index contributed by atoms with van der Waals surface area (Å²) in [6.07, 6.45) is -4.39. The number of likely N-dealkylation sites (N-methyl/N-ethyl adjacent to an activating group) is 1. The van der Waals surface area contributed by atoms with Gasteiger partial charge in [-0.2, -0.15) is 13.2 Å². The molecule has 0 atom stereocenters. The molecule has 0 amide bonds. The van der Waals surface area contributed by atoms with Crippen LogP contribution >= 0.6 is 0 Å². The summed E-state index contributed by atoms with van der Waals surface area (Å²) in [5.41, 5.74) is 1.71. The van der Waals surface area contributed by atoms with Crippen molar-refractivity contribution in [2.24, 2.45) is 4.99 Å². The first-order valence-corrected chi connectivity index (χ1v) is 10.5. The molecule has 1 saturated heterocycles. The van der Waals surface area contributed by atoms with Crippen LogP contribution in [0.3, 0.4) is 0 Å². The maximum atomic E-state index is 13.3. The topological polar surface area (TPSA) is 52.1 Å². The van der Waals surface area contributed by atoms with Gasteiger partial charge in [-0.1, -0.05) is 18.2 Å². The van der Waals surface area contributed by atoms with E-state index >= 15 is 0 Å². The number of hydrogen-bond acceptors (Lipinski definition) is 4. The van der Waals surface area contributed by atoms with Crippen LogP contribution in [0.25, 0.3) is 0 Å². The van der Waals surface area contributed by atoms with Crippen LogP contribution < -0.4 is 20.3 Å². The second-order valence-corrected chi connectivity index (χ2v) is 7.72. The van der Waals surface area contributed by atoms with Gasteiger partial charge in [0.25, 0.3) is 0 Å². The monoisotopic (exact) mass is 449 g/mol. The highest BCUT2D eigenvalue weighted by Crippen LogP contribution is 2.33. The molecule has 0 spiro atoms. The molecule has 0 radical (unpaired) electrons. The summed E-state index contributed by atoms with van der Waals surface area (Å²) < 4.78 is 45.4. The summed E-state index contributed by atoms with van der Waals surface area (Å²) in [6.45, 7) is 3.98. The summed E-state index contributed by atoms with van der Waals surface area (Å²) in [5, 5.41) is 6.35. The van der Waals surface area contributed by atoms with Crippen molar-refractivity contribution in [2.75, 3.05) is 52.3 Å². The van der Waals surface area contributed by atoms with E-state index in [0.29, 0.717) is 18.1 Å². The average Bonchev–Trinajstić information content (AvgIpc) is 2.79. The van der Waals surface area contributed by atoms with Gasteiger partial charge >= 0.3 is 6.18 Å². The third-order valence-electron chi connectivity index (χ3n) is 5.56. The molecule has 0 saturated carbocycles. The Balaban J connectivity index is 1.73. The highest BCUT2D eigenvalue weighted by Gasteiger charge is 2.31. The zero-order valence-electron chi connectivity index (χ0n) is 18.7. The summed E-state index contributed by atoms with van der Waals surface area (Å²) in [6, 6.07) is 11.6. The number of nitrogens with zero attached hydrogens (tertiary/aromatic N) is 3. The molecule has 0 aromatic heterocycles. The van der Waals surface area contributed by atoms with Gasteiger partial charge in [0.15, 0.2) is 5.96 Å². The smallest absolute Gasteiger partial charge is 0.416 e. The van der Waals surface area contributed by atoms with Crippen LogP contribution in [0.1, 0.15) is 16.7 Å². The van der Waals surface area contributed by atoms with Crippen molar-refractivity contribution < 1.29 is 17.9 Å². The number of para-hydroxylation sites is 1. The molecule has 9 heteroatoms. The Labute approximate surface area is 187 Å². The van der Waals surface area contributed by atoms with Gasteiger partial charge in [-0.05, 0) is 36.9 Å². The molecule has 174 valence electrons. The van der Waals surface area contributed by atoms with Gasteiger partial charge in [-0.25, -0.2) is 0 Å². The molecular formula is C23H30F3N5O. The Morgan fingerprint density at radius 1 is 1.00 bits per heavy atom. The van der Waals surface area contributed by atoms with E-state index in [0.717, 1.165) is 49.2 Å². The quantitative estimate of drug-likeness (QED) is 0.524. The number of rotatable bonds is 6. The number of ether oxygens (including phenoxy) is 1. The van der Waals surface area contributed by atoms with Crippen LogP contribution in [0.5, 0.6) is 5.75 Å². The fourth-order valence-corrected chi connectivity index (χ4v) is 3.69. The zero-order chi connectivity index (χ0) is 23.1. The highest BCUT2D eigenvalue weighted by atomic mass is 19.4. The molecule has 1 fully saturated rings. The number of benzene rings is 2. The lowest BCUT2D eigenvalue weighted by atomic mass is 10.1. The van der Waals surface area contributed by atoms with E-state index in [1.54, 1.807) is 20.2 Å². The minimum atomic E-state index is -4.39. The second kappa shape index (κ2) is 10.6. The molecule has 32 heavy (non-hydrogen) atoms. The molecule has 6 nitrogen and oxygen atoms in total. The lowest BCUT2D eigenvalue weighted by molar-refractivity contribution is -0.137. The molecule has 0 bridgehead atoms. The number of hydrogen-bond donors (Lipinski definition) is 2. The van der Waals surface area contributed by atoms with E-state index in [9.17, 15) is 13.2 Å². The van der Waals surface area contributed by atoms with Crippen LogP contribution in [-0.4, -0.2) is 58.2 Å². The molecule has 1 aliphatic rings. The van der Waals surface area contributed by atoms with Gasteiger partial charge in [-0.3, -0.25) is 4.99 Å². The number of alkyl halides is 3. The van der Waals surface area contributed by atoms with Gasteiger partial charge < -0.3 is 25.2 Å². The SMILES string of the molecule is CN=C(NCc1ccccc1OC)NCc1cc(C(F)(F)F)ccc1N1CCN(C)CC1.